The molecule has 0 fully saturated rings. The fourth-order valence-electron chi connectivity index (χ4n) is 3.13. The molecule has 0 amide bonds. The van der Waals surface area contributed by atoms with Crippen LogP contribution in [0.3, 0.4) is 0 Å². The molecule has 130 valence electrons. The van der Waals surface area contributed by atoms with E-state index in [1.54, 1.807) is 0 Å². The van der Waals surface area contributed by atoms with Crippen LogP contribution < -0.4 is 4.74 Å². The van der Waals surface area contributed by atoms with Crippen LogP contribution in [0.4, 0.5) is 0 Å². The smallest absolute Gasteiger partial charge is 0.347 e. The topological polar surface area (TPSA) is 35.5 Å². The maximum Gasteiger partial charge on any atom is 0.347 e. The summed E-state index contributed by atoms with van der Waals surface area (Å²) >= 11 is 0. The summed E-state index contributed by atoms with van der Waals surface area (Å²) in [6.07, 6.45) is 3.24. The van der Waals surface area contributed by atoms with Crippen molar-refractivity contribution < 1.29 is 14.3 Å². The van der Waals surface area contributed by atoms with Gasteiger partial charge in [0.1, 0.15) is 5.75 Å². The highest BCUT2D eigenvalue weighted by molar-refractivity contribution is 6.00. The van der Waals surface area contributed by atoms with Crippen LogP contribution in [-0.2, 0) is 9.53 Å². The summed E-state index contributed by atoms with van der Waals surface area (Å²) in [5.41, 5.74) is 0. The number of carbonyl (C=O) groups is 1. The molecule has 3 nitrogen and oxygen atoms in total. The van der Waals surface area contributed by atoms with Crippen molar-refractivity contribution in [3.05, 3.63) is 54.6 Å². The second-order valence-corrected chi connectivity index (χ2v) is 6.30. The van der Waals surface area contributed by atoms with Crippen molar-refractivity contribution in [2.45, 2.75) is 38.7 Å². The molecule has 0 bridgehead atoms. The molecule has 3 rings (SSSR count). The molecule has 0 N–H and O–H groups in total. The molecule has 0 saturated heterocycles. The minimum atomic E-state index is -0.561. The Morgan fingerprint density at radius 2 is 1.68 bits per heavy atom. The lowest BCUT2D eigenvalue weighted by molar-refractivity contribution is -0.149. The van der Waals surface area contributed by atoms with Crippen LogP contribution >= 0.6 is 0 Å². The Morgan fingerprint density at radius 1 is 0.960 bits per heavy atom. The quantitative estimate of drug-likeness (QED) is 0.325. The molecular formula is C22H24O3. The van der Waals surface area contributed by atoms with Crippen molar-refractivity contribution >= 4 is 27.5 Å². The van der Waals surface area contributed by atoms with E-state index >= 15 is 0 Å². The zero-order valence-corrected chi connectivity index (χ0v) is 14.8. The summed E-state index contributed by atoms with van der Waals surface area (Å²) < 4.78 is 11.0. The summed E-state index contributed by atoms with van der Waals surface area (Å²) in [5.74, 6) is 0.420. The van der Waals surface area contributed by atoms with Gasteiger partial charge in [-0.05, 0) is 47.2 Å². The van der Waals surface area contributed by atoms with Gasteiger partial charge >= 0.3 is 5.97 Å². The van der Waals surface area contributed by atoms with E-state index in [-0.39, 0.29) is 5.97 Å². The molecule has 0 heterocycles. The van der Waals surface area contributed by atoms with Crippen LogP contribution in [0.15, 0.2) is 54.6 Å². The molecule has 0 aliphatic carbocycles. The number of unbranched alkanes of at least 4 members (excludes halogenated alkanes) is 2. The SMILES string of the molecule is CCCCCC(Oc1cccc2cc3ccccc3cc12)C(=O)OC. The summed E-state index contributed by atoms with van der Waals surface area (Å²) in [6, 6.07) is 18.5. The fraction of sp³-hybridized carbons (Fsp3) is 0.318. The first kappa shape index (κ1) is 17.3. The zero-order valence-electron chi connectivity index (χ0n) is 14.8. The van der Waals surface area contributed by atoms with Crippen molar-refractivity contribution in [1.29, 1.82) is 0 Å². The van der Waals surface area contributed by atoms with E-state index in [0.29, 0.717) is 6.42 Å². The van der Waals surface area contributed by atoms with Gasteiger partial charge in [0.2, 0.25) is 0 Å². The highest BCUT2D eigenvalue weighted by Gasteiger charge is 2.21. The Labute approximate surface area is 148 Å². The van der Waals surface area contributed by atoms with Crippen LogP contribution in [0.2, 0.25) is 0 Å². The molecular weight excluding hydrogens is 312 g/mol. The number of hydrogen-bond acceptors (Lipinski definition) is 3. The third-order valence-electron chi connectivity index (χ3n) is 4.51. The minimum Gasteiger partial charge on any atom is -0.478 e. The molecule has 1 atom stereocenters. The van der Waals surface area contributed by atoms with Crippen LogP contribution in [0.25, 0.3) is 21.5 Å². The zero-order chi connectivity index (χ0) is 17.6. The molecule has 3 aromatic carbocycles. The van der Waals surface area contributed by atoms with Gasteiger partial charge in [-0.15, -0.1) is 0 Å². The molecule has 3 aromatic rings. The second-order valence-electron chi connectivity index (χ2n) is 6.30. The van der Waals surface area contributed by atoms with E-state index < -0.39 is 6.10 Å². The standard InChI is InChI=1S/C22H24O3/c1-3-4-5-12-21(22(23)24-2)25-20-13-8-11-18-14-16-9-6-7-10-17(16)15-19(18)20/h6-11,13-15,21H,3-5,12H2,1-2H3. The highest BCUT2D eigenvalue weighted by atomic mass is 16.6. The van der Waals surface area contributed by atoms with Crippen LogP contribution in [0, 0.1) is 0 Å². The lowest BCUT2D eigenvalue weighted by atomic mass is 10.0. The first-order chi connectivity index (χ1) is 12.2. The number of ether oxygens (including phenoxy) is 2. The summed E-state index contributed by atoms with van der Waals surface area (Å²) in [7, 11) is 1.41. The van der Waals surface area contributed by atoms with Gasteiger partial charge in [-0.3, -0.25) is 0 Å². The minimum absolute atomic E-state index is 0.311. The van der Waals surface area contributed by atoms with Gasteiger partial charge in [0, 0.05) is 5.39 Å². The fourth-order valence-corrected chi connectivity index (χ4v) is 3.13. The van der Waals surface area contributed by atoms with Gasteiger partial charge in [-0.1, -0.05) is 56.2 Å². The van der Waals surface area contributed by atoms with Crippen molar-refractivity contribution in [3.8, 4) is 5.75 Å². The van der Waals surface area contributed by atoms with Gasteiger partial charge in [-0.2, -0.15) is 0 Å². The Bertz CT molecular complexity index is 869. The number of hydrogen-bond donors (Lipinski definition) is 0. The average molecular weight is 336 g/mol. The maximum atomic E-state index is 12.1. The van der Waals surface area contributed by atoms with Gasteiger partial charge in [-0.25, -0.2) is 4.79 Å². The van der Waals surface area contributed by atoms with E-state index in [1.165, 1.54) is 12.5 Å². The van der Waals surface area contributed by atoms with Gasteiger partial charge in [0.05, 0.1) is 7.11 Å². The van der Waals surface area contributed by atoms with E-state index in [1.807, 2.05) is 24.3 Å². The van der Waals surface area contributed by atoms with E-state index in [0.717, 1.165) is 41.2 Å². The van der Waals surface area contributed by atoms with Crippen LogP contribution in [0.1, 0.15) is 32.6 Å². The van der Waals surface area contributed by atoms with Gasteiger partial charge < -0.3 is 9.47 Å². The van der Waals surface area contributed by atoms with Crippen molar-refractivity contribution in [2.75, 3.05) is 7.11 Å². The first-order valence-electron chi connectivity index (χ1n) is 8.89. The van der Waals surface area contributed by atoms with E-state index in [9.17, 15) is 4.79 Å². The molecule has 0 saturated carbocycles. The third-order valence-corrected chi connectivity index (χ3v) is 4.51. The van der Waals surface area contributed by atoms with Crippen LogP contribution in [-0.4, -0.2) is 19.2 Å². The second kappa shape index (κ2) is 8.02. The molecule has 0 aliphatic heterocycles. The monoisotopic (exact) mass is 336 g/mol. The molecule has 0 aliphatic rings. The van der Waals surface area contributed by atoms with Gasteiger partial charge in [0.15, 0.2) is 6.10 Å². The summed E-state index contributed by atoms with van der Waals surface area (Å²) in [4.78, 5) is 12.1. The summed E-state index contributed by atoms with van der Waals surface area (Å²) in [6.45, 7) is 2.14. The first-order valence-corrected chi connectivity index (χ1v) is 8.89. The molecule has 0 radical (unpaired) electrons. The van der Waals surface area contributed by atoms with Crippen molar-refractivity contribution in [3.63, 3.8) is 0 Å². The number of esters is 1. The van der Waals surface area contributed by atoms with Crippen molar-refractivity contribution in [1.82, 2.24) is 0 Å². The average Bonchev–Trinajstić information content (AvgIpc) is 2.65. The Balaban J connectivity index is 1.95. The lowest BCUT2D eigenvalue weighted by Gasteiger charge is -2.18. The number of benzene rings is 3. The molecule has 0 spiro atoms. The maximum absolute atomic E-state index is 12.1. The number of rotatable bonds is 7. The Hall–Kier alpha value is -2.55. The summed E-state index contributed by atoms with van der Waals surface area (Å²) in [5, 5.41) is 4.48. The third kappa shape index (κ3) is 3.93. The molecule has 0 aromatic heterocycles. The number of carbonyl (C=O) groups excluding carboxylic acids is 1. The van der Waals surface area contributed by atoms with E-state index in [4.69, 9.17) is 9.47 Å². The Kier molecular flexibility index (Phi) is 5.54. The highest BCUT2D eigenvalue weighted by Crippen LogP contribution is 2.31. The normalized spacial score (nSPS) is 12.2. The largest absolute Gasteiger partial charge is 0.478 e. The number of methoxy groups -OCH3 is 1. The van der Waals surface area contributed by atoms with Gasteiger partial charge in [0.25, 0.3) is 0 Å². The van der Waals surface area contributed by atoms with E-state index in [2.05, 4.69) is 37.3 Å². The Morgan fingerprint density at radius 3 is 2.40 bits per heavy atom. The predicted octanol–water partition coefficient (Wildman–Crippen LogP) is 5.49. The molecule has 25 heavy (non-hydrogen) atoms. The van der Waals surface area contributed by atoms with Crippen molar-refractivity contribution in [2.24, 2.45) is 0 Å². The number of fused-ring (bicyclic) bond motifs is 2. The lowest BCUT2D eigenvalue weighted by Crippen LogP contribution is -2.28. The predicted molar refractivity (Wildman–Crippen MR) is 102 cm³/mol. The molecule has 1 unspecified atom stereocenters. The van der Waals surface area contributed by atoms with Crippen LogP contribution in [0.5, 0.6) is 5.75 Å². The molecule has 3 heteroatoms.